The van der Waals surface area contributed by atoms with Crippen LogP contribution in [0.15, 0.2) is 12.2 Å². The van der Waals surface area contributed by atoms with E-state index in [9.17, 15) is 9.59 Å². The van der Waals surface area contributed by atoms with E-state index in [4.69, 9.17) is 15.9 Å². The minimum Gasteiger partial charge on any atom is -0.376 e. The number of hydrogen-bond donors (Lipinski definition) is 3. The van der Waals surface area contributed by atoms with Gasteiger partial charge < -0.3 is 15.9 Å². The van der Waals surface area contributed by atoms with Crippen molar-refractivity contribution in [3.63, 3.8) is 0 Å². The van der Waals surface area contributed by atoms with Crippen LogP contribution in [0.1, 0.15) is 0 Å². The summed E-state index contributed by atoms with van der Waals surface area (Å²) in [5.41, 5.74) is 4.70. The van der Waals surface area contributed by atoms with Crippen LogP contribution in [0.3, 0.4) is 0 Å². The van der Waals surface area contributed by atoms with Crippen molar-refractivity contribution in [2.24, 2.45) is 5.73 Å². The molecule has 0 saturated heterocycles. The van der Waals surface area contributed by atoms with E-state index in [-0.39, 0.29) is 0 Å². The molecule has 0 bridgehead atoms. The molecular weight excluding hydrogens is 164 g/mol. The minimum absolute atomic E-state index is 0.613. The standard InChI is InChI=1S/C6H10N2O4/c7-5(11)1-2-6(12)8(3-9)4-10/h1-2,9-10H,3-4H2,(H2,7,11). The third kappa shape index (κ3) is 3.69. The van der Waals surface area contributed by atoms with Crippen molar-refractivity contribution in [3.05, 3.63) is 12.2 Å². The second-order valence-corrected chi connectivity index (χ2v) is 1.90. The van der Waals surface area contributed by atoms with Gasteiger partial charge in [-0.2, -0.15) is 0 Å². The Hall–Kier alpha value is -1.40. The van der Waals surface area contributed by atoms with E-state index in [0.717, 1.165) is 12.2 Å². The molecule has 0 unspecified atom stereocenters. The number of nitrogens with two attached hydrogens (primary N) is 1. The first-order valence-corrected chi connectivity index (χ1v) is 3.10. The number of amides is 2. The molecule has 0 rings (SSSR count). The van der Waals surface area contributed by atoms with Gasteiger partial charge in [-0.15, -0.1) is 0 Å². The van der Waals surface area contributed by atoms with Crippen molar-refractivity contribution in [3.8, 4) is 0 Å². The first-order chi connectivity index (χ1) is 5.61. The molecule has 2 amide bonds. The average Bonchev–Trinajstić information content (AvgIpc) is 2.03. The minimum atomic E-state index is -0.765. The number of rotatable bonds is 4. The van der Waals surface area contributed by atoms with Crippen molar-refractivity contribution in [2.45, 2.75) is 0 Å². The zero-order valence-electron chi connectivity index (χ0n) is 6.30. The van der Waals surface area contributed by atoms with Gasteiger partial charge in [0.25, 0.3) is 0 Å². The highest BCUT2D eigenvalue weighted by Gasteiger charge is 2.06. The molecule has 0 spiro atoms. The van der Waals surface area contributed by atoms with Gasteiger partial charge >= 0.3 is 0 Å². The van der Waals surface area contributed by atoms with Gasteiger partial charge in [0.05, 0.1) is 0 Å². The molecule has 12 heavy (non-hydrogen) atoms. The Morgan fingerprint density at radius 3 is 2.08 bits per heavy atom. The Kier molecular flexibility index (Phi) is 4.66. The van der Waals surface area contributed by atoms with E-state index in [1.165, 1.54) is 0 Å². The molecule has 4 N–H and O–H groups in total. The summed E-state index contributed by atoms with van der Waals surface area (Å²) in [4.78, 5) is 21.7. The summed E-state index contributed by atoms with van der Waals surface area (Å²) in [6.07, 6.45) is 1.72. The van der Waals surface area contributed by atoms with Crippen LogP contribution in [0, 0.1) is 0 Å². The highest BCUT2D eigenvalue weighted by Crippen LogP contribution is 1.87. The van der Waals surface area contributed by atoms with Crippen LogP contribution < -0.4 is 5.73 Å². The number of aliphatic hydroxyl groups excluding tert-OH is 2. The molecule has 0 heterocycles. The number of carbonyl (C=O) groups is 2. The molecule has 6 heteroatoms. The van der Waals surface area contributed by atoms with Crippen LogP contribution in [0.2, 0.25) is 0 Å². The Morgan fingerprint density at radius 1 is 1.25 bits per heavy atom. The van der Waals surface area contributed by atoms with E-state index >= 15 is 0 Å². The SMILES string of the molecule is NC(=O)C=CC(=O)N(CO)CO. The first-order valence-electron chi connectivity index (χ1n) is 3.10. The predicted octanol–water partition coefficient (Wildman–Crippen LogP) is -2.24. The van der Waals surface area contributed by atoms with E-state index in [2.05, 4.69) is 0 Å². The molecular formula is C6H10N2O4. The van der Waals surface area contributed by atoms with E-state index in [1.54, 1.807) is 0 Å². The van der Waals surface area contributed by atoms with Gasteiger partial charge in [0, 0.05) is 12.2 Å². The lowest BCUT2D eigenvalue weighted by atomic mass is 10.4. The molecule has 0 aliphatic rings. The molecule has 0 aromatic carbocycles. The first kappa shape index (κ1) is 10.6. The van der Waals surface area contributed by atoms with Crippen LogP contribution in [0.5, 0.6) is 0 Å². The second-order valence-electron chi connectivity index (χ2n) is 1.90. The van der Waals surface area contributed by atoms with Gasteiger partial charge in [0.15, 0.2) is 0 Å². The Morgan fingerprint density at radius 2 is 1.75 bits per heavy atom. The molecule has 0 atom stereocenters. The molecule has 6 nitrogen and oxygen atoms in total. The van der Waals surface area contributed by atoms with E-state index in [1.807, 2.05) is 0 Å². The summed E-state index contributed by atoms with van der Waals surface area (Å²) < 4.78 is 0. The zero-order valence-corrected chi connectivity index (χ0v) is 6.30. The molecule has 0 aliphatic heterocycles. The van der Waals surface area contributed by atoms with E-state index in [0.29, 0.717) is 4.90 Å². The Labute approximate surface area is 68.9 Å². The van der Waals surface area contributed by atoms with E-state index < -0.39 is 25.3 Å². The van der Waals surface area contributed by atoms with Crippen LogP contribution in [0.25, 0.3) is 0 Å². The van der Waals surface area contributed by atoms with Crippen molar-refractivity contribution < 1.29 is 19.8 Å². The monoisotopic (exact) mass is 174 g/mol. The molecule has 0 radical (unpaired) electrons. The maximum absolute atomic E-state index is 10.8. The number of primary amides is 1. The van der Waals surface area contributed by atoms with Gasteiger partial charge in [0.2, 0.25) is 11.8 Å². The molecule has 0 aliphatic carbocycles. The topological polar surface area (TPSA) is 104 Å². The fraction of sp³-hybridized carbons (Fsp3) is 0.333. The quantitative estimate of drug-likeness (QED) is 0.331. The van der Waals surface area contributed by atoms with Gasteiger partial charge in [-0.25, -0.2) is 0 Å². The summed E-state index contributed by atoms with van der Waals surface area (Å²) in [5, 5.41) is 16.9. The maximum Gasteiger partial charge on any atom is 0.250 e. The van der Waals surface area contributed by atoms with Gasteiger partial charge in [-0.1, -0.05) is 0 Å². The fourth-order valence-corrected chi connectivity index (χ4v) is 0.443. The van der Waals surface area contributed by atoms with Crippen molar-refractivity contribution >= 4 is 11.8 Å². The summed E-state index contributed by atoms with van der Waals surface area (Å²) in [6, 6.07) is 0. The summed E-state index contributed by atoms with van der Waals surface area (Å²) in [5.74, 6) is -1.45. The lowest BCUT2D eigenvalue weighted by Gasteiger charge is -2.13. The lowest BCUT2D eigenvalue weighted by Crippen LogP contribution is -2.31. The largest absolute Gasteiger partial charge is 0.376 e. The molecule has 0 aromatic heterocycles. The fourth-order valence-electron chi connectivity index (χ4n) is 0.443. The summed E-state index contributed by atoms with van der Waals surface area (Å²) in [7, 11) is 0. The Balaban J connectivity index is 4.10. The lowest BCUT2D eigenvalue weighted by molar-refractivity contribution is -0.134. The van der Waals surface area contributed by atoms with Crippen molar-refractivity contribution in [2.75, 3.05) is 13.5 Å². The number of aliphatic hydroxyl groups is 2. The van der Waals surface area contributed by atoms with Gasteiger partial charge in [-0.05, 0) is 0 Å². The van der Waals surface area contributed by atoms with Gasteiger partial charge in [-0.3, -0.25) is 14.5 Å². The highest BCUT2D eigenvalue weighted by atomic mass is 16.3. The van der Waals surface area contributed by atoms with Crippen LogP contribution in [-0.2, 0) is 9.59 Å². The second kappa shape index (κ2) is 5.28. The molecule has 0 saturated carbocycles. The molecule has 0 aromatic rings. The zero-order chi connectivity index (χ0) is 9.56. The molecule has 68 valence electrons. The van der Waals surface area contributed by atoms with Crippen LogP contribution in [0.4, 0.5) is 0 Å². The summed E-state index contributed by atoms with van der Waals surface area (Å²) in [6.45, 7) is -1.23. The van der Waals surface area contributed by atoms with Crippen molar-refractivity contribution in [1.82, 2.24) is 4.90 Å². The number of carbonyl (C=O) groups excluding carboxylic acids is 2. The number of hydrogen-bond acceptors (Lipinski definition) is 4. The van der Waals surface area contributed by atoms with Crippen LogP contribution >= 0.6 is 0 Å². The Bertz CT molecular complexity index is 198. The number of nitrogens with zero attached hydrogens (tertiary/aromatic N) is 1. The predicted molar refractivity (Wildman–Crippen MR) is 39.4 cm³/mol. The highest BCUT2D eigenvalue weighted by molar-refractivity contribution is 5.95. The normalized spacial score (nSPS) is 10.2. The third-order valence-electron chi connectivity index (χ3n) is 1.04. The van der Waals surface area contributed by atoms with Gasteiger partial charge in [0.1, 0.15) is 13.5 Å². The maximum atomic E-state index is 10.8. The summed E-state index contributed by atoms with van der Waals surface area (Å²) >= 11 is 0. The third-order valence-corrected chi connectivity index (χ3v) is 1.04. The molecule has 0 fully saturated rings. The average molecular weight is 174 g/mol. The van der Waals surface area contributed by atoms with Crippen LogP contribution in [-0.4, -0.2) is 40.4 Å². The van der Waals surface area contributed by atoms with Crippen molar-refractivity contribution in [1.29, 1.82) is 0 Å². The smallest absolute Gasteiger partial charge is 0.250 e.